The standard InChI is InChI=1S/C19H26Cl2O2/c1-3-18(22)15(19(23)4-2)10-8-6-5-7-9-14-11-12-16(20)17(21)13-14/h11-13,15H,3-10H2,1-2H3. The Morgan fingerprint density at radius 2 is 1.52 bits per heavy atom. The van der Waals surface area contributed by atoms with Gasteiger partial charge in [0.05, 0.1) is 16.0 Å². The van der Waals surface area contributed by atoms with E-state index < -0.39 is 0 Å². The molecule has 23 heavy (non-hydrogen) atoms. The molecule has 0 spiro atoms. The van der Waals surface area contributed by atoms with Crippen LogP contribution in [0.4, 0.5) is 0 Å². The van der Waals surface area contributed by atoms with Gasteiger partial charge in [0.15, 0.2) is 0 Å². The SMILES string of the molecule is CCC(=O)C(CCCCCCc1ccc(Cl)c(Cl)c1)C(=O)CC. The highest BCUT2D eigenvalue weighted by atomic mass is 35.5. The highest BCUT2D eigenvalue weighted by molar-refractivity contribution is 6.42. The van der Waals surface area contributed by atoms with Crippen molar-refractivity contribution in [3.05, 3.63) is 33.8 Å². The zero-order chi connectivity index (χ0) is 17.2. The van der Waals surface area contributed by atoms with Crippen molar-refractivity contribution in [2.24, 2.45) is 5.92 Å². The number of unbranched alkanes of at least 4 members (excludes halogenated alkanes) is 3. The van der Waals surface area contributed by atoms with E-state index in [4.69, 9.17) is 23.2 Å². The zero-order valence-electron chi connectivity index (χ0n) is 14.0. The van der Waals surface area contributed by atoms with Gasteiger partial charge in [0.2, 0.25) is 0 Å². The van der Waals surface area contributed by atoms with E-state index in [9.17, 15) is 9.59 Å². The van der Waals surface area contributed by atoms with E-state index >= 15 is 0 Å². The summed E-state index contributed by atoms with van der Waals surface area (Å²) in [5.41, 5.74) is 1.19. The molecule has 0 fully saturated rings. The first-order valence-electron chi connectivity index (χ1n) is 8.48. The fourth-order valence-corrected chi connectivity index (χ4v) is 3.04. The summed E-state index contributed by atoms with van der Waals surface area (Å²) in [4.78, 5) is 23.7. The molecule has 0 aromatic heterocycles. The first kappa shape index (κ1) is 20.2. The van der Waals surface area contributed by atoms with Crippen LogP contribution >= 0.6 is 23.2 Å². The summed E-state index contributed by atoms with van der Waals surface area (Å²) in [6.07, 6.45) is 6.73. The van der Waals surface area contributed by atoms with Crippen LogP contribution in [0.15, 0.2) is 18.2 Å². The lowest BCUT2D eigenvalue weighted by atomic mass is 9.90. The maximum absolute atomic E-state index is 11.8. The molecule has 0 unspecified atom stereocenters. The molecule has 1 rings (SSSR count). The Morgan fingerprint density at radius 1 is 0.913 bits per heavy atom. The lowest BCUT2D eigenvalue weighted by Crippen LogP contribution is -2.22. The molecule has 0 radical (unpaired) electrons. The van der Waals surface area contributed by atoms with E-state index in [0.717, 1.165) is 32.1 Å². The quantitative estimate of drug-likeness (QED) is 0.356. The normalized spacial score (nSPS) is 11.0. The summed E-state index contributed by atoms with van der Waals surface area (Å²) in [6.45, 7) is 3.66. The zero-order valence-corrected chi connectivity index (χ0v) is 15.6. The Bertz CT molecular complexity index is 510. The summed E-state index contributed by atoms with van der Waals surface area (Å²) in [6, 6.07) is 5.75. The third-order valence-corrected chi connectivity index (χ3v) is 4.91. The van der Waals surface area contributed by atoms with Gasteiger partial charge in [-0.1, -0.05) is 62.4 Å². The Balaban J connectivity index is 2.27. The van der Waals surface area contributed by atoms with Gasteiger partial charge in [-0.15, -0.1) is 0 Å². The van der Waals surface area contributed by atoms with Crippen LogP contribution in [0.1, 0.15) is 64.4 Å². The third-order valence-electron chi connectivity index (χ3n) is 4.17. The largest absolute Gasteiger partial charge is 0.299 e. The number of hydrogen-bond acceptors (Lipinski definition) is 2. The lowest BCUT2D eigenvalue weighted by Gasteiger charge is -2.12. The molecule has 0 aliphatic rings. The molecule has 0 saturated carbocycles. The van der Waals surface area contributed by atoms with Crippen LogP contribution < -0.4 is 0 Å². The van der Waals surface area contributed by atoms with Gasteiger partial charge < -0.3 is 0 Å². The Hall–Kier alpha value is -0.860. The minimum atomic E-state index is -0.375. The van der Waals surface area contributed by atoms with Crippen molar-refractivity contribution in [1.29, 1.82) is 0 Å². The minimum Gasteiger partial charge on any atom is -0.299 e. The van der Waals surface area contributed by atoms with Crippen molar-refractivity contribution in [2.75, 3.05) is 0 Å². The van der Waals surface area contributed by atoms with Crippen LogP contribution in [0.25, 0.3) is 0 Å². The molecule has 0 aliphatic carbocycles. The summed E-state index contributed by atoms with van der Waals surface area (Å²) >= 11 is 11.9. The molecule has 0 aliphatic heterocycles. The summed E-state index contributed by atoms with van der Waals surface area (Å²) in [5.74, 6) is -0.194. The third kappa shape index (κ3) is 7.05. The van der Waals surface area contributed by atoms with Gasteiger partial charge in [-0.25, -0.2) is 0 Å². The van der Waals surface area contributed by atoms with Crippen LogP contribution in [-0.4, -0.2) is 11.6 Å². The molecular formula is C19H26Cl2O2. The molecule has 0 bridgehead atoms. The van der Waals surface area contributed by atoms with E-state index in [-0.39, 0.29) is 17.5 Å². The van der Waals surface area contributed by atoms with Crippen molar-refractivity contribution in [1.82, 2.24) is 0 Å². The average molecular weight is 357 g/mol. The fraction of sp³-hybridized carbons (Fsp3) is 0.579. The van der Waals surface area contributed by atoms with Crippen LogP contribution in [0.5, 0.6) is 0 Å². The Labute approximate surface area is 149 Å². The van der Waals surface area contributed by atoms with Crippen LogP contribution in [-0.2, 0) is 16.0 Å². The van der Waals surface area contributed by atoms with Crippen molar-refractivity contribution in [3.8, 4) is 0 Å². The summed E-state index contributed by atoms with van der Waals surface area (Å²) < 4.78 is 0. The number of Topliss-reactive ketones (excluding diaryl/α,β-unsaturated/α-hetero) is 2. The number of hydrogen-bond donors (Lipinski definition) is 0. The first-order chi connectivity index (χ1) is 11.0. The molecule has 0 amide bonds. The van der Waals surface area contributed by atoms with Gasteiger partial charge in [0.1, 0.15) is 11.6 Å². The second-order valence-corrected chi connectivity index (χ2v) is 6.71. The van der Waals surface area contributed by atoms with Gasteiger partial charge in [-0.3, -0.25) is 9.59 Å². The monoisotopic (exact) mass is 356 g/mol. The van der Waals surface area contributed by atoms with E-state index in [0.29, 0.717) is 29.3 Å². The van der Waals surface area contributed by atoms with Gasteiger partial charge >= 0.3 is 0 Å². The summed E-state index contributed by atoms with van der Waals surface area (Å²) in [7, 11) is 0. The van der Waals surface area contributed by atoms with E-state index in [2.05, 4.69) is 0 Å². The number of aryl methyl sites for hydroxylation is 1. The van der Waals surface area contributed by atoms with Crippen LogP contribution in [0, 0.1) is 5.92 Å². The molecule has 0 saturated heterocycles. The molecular weight excluding hydrogens is 331 g/mol. The number of carbonyl (C=O) groups is 2. The van der Waals surface area contributed by atoms with Gasteiger partial charge in [0, 0.05) is 12.8 Å². The van der Waals surface area contributed by atoms with E-state index in [1.807, 2.05) is 32.0 Å². The second-order valence-electron chi connectivity index (χ2n) is 5.89. The molecule has 128 valence electrons. The van der Waals surface area contributed by atoms with Crippen molar-refractivity contribution in [2.45, 2.75) is 65.2 Å². The molecule has 4 heteroatoms. The Morgan fingerprint density at radius 3 is 2.09 bits per heavy atom. The second kappa shape index (κ2) is 10.8. The molecule has 1 aromatic rings. The number of benzene rings is 1. The molecule has 0 atom stereocenters. The van der Waals surface area contributed by atoms with Gasteiger partial charge in [0.25, 0.3) is 0 Å². The molecule has 1 aromatic carbocycles. The highest BCUT2D eigenvalue weighted by Gasteiger charge is 2.22. The average Bonchev–Trinajstić information content (AvgIpc) is 2.56. The number of carbonyl (C=O) groups excluding carboxylic acids is 2. The summed E-state index contributed by atoms with van der Waals surface area (Å²) in [5, 5.41) is 1.19. The maximum atomic E-state index is 11.8. The predicted octanol–water partition coefficient (Wildman–Crippen LogP) is 6.06. The molecule has 0 N–H and O–H groups in total. The first-order valence-corrected chi connectivity index (χ1v) is 9.24. The highest BCUT2D eigenvalue weighted by Crippen LogP contribution is 2.23. The van der Waals surface area contributed by atoms with E-state index in [1.54, 1.807) is 0 Å². The number of halogens is 2. The van der Waals surface area contributed by atoms with Crippen molar-refractivity contribution >= 4 is 34.8 Å². The van der Waals surface area contributed by atoms with Gasteiger partial charge in [-0.05, 0) is 37.0 Å². The van der Waals surface area contributed by atoms with E-state index in [1.165, 1.54) is 5.56 Å². The number of rotatable bonds is 11. The molecule has 2 nitrogen and oxygen atoms in total. The van der Waals surface area contributed by atoms with Gasteiger partial charge in [-0.2, -0.15) is 0 Å². The Kier molecular flexibility index (Phi) is 9.50. The minimum absolute atomic E-state index is 0.0904. The predicted molar refractivity (Wildman–Crippen MR) is 97.3 cm³/mol. The lowest BCUT2D eigenvalue weighted by molar-refractivity contribution is -0.132. The fourth-order valence-electron chi connectivity index (χ4n) is 2.72. The number of ketones is 2. The van der Waals surface area contributed by atoms with Crippen LogP contribution in [0.3, 0.4) is 0 Å². The van der Waals surface area contributed by atoms with Crippen molar-refractivity contribution in [3.63, 3.8) is 0 Å². The maximum Gasteiger partial charge on any atom is 0.143 e. The van der Waals surface area contributed by atoms with Crippen molar-refractivity contribution < 1.29 is 9.59 Å². The molecule has 0 heterocycles. The topological polar surface area (TPSA) is 34.1 Å². The van der Waals surface area contributed by atoms with Crippen LogP contribution in [0.2, 0.25) is 10.0 Å². The smallest absolute Gasteiger partial charge is 0.143 e.